The normalized spacial score (nSPS) is 20.3. The van der Waals surface area contributed by atoms with Gasteiger partial charge in [-0.15, -0.1) is 0 Å². The molecule has 0 bridgehead atoms. The van der Waals surface area contributed by atoms with Gasteiger partial charge in [0.05, 0.1) is 11.2 Å². The van der Waals surface area contributed by atoms with Gasteiger partial charge in [0.25, 0.3) is 0 Å². The fourth-order valence-corrected chi connectivity index (χ4v) is 2.41. The largest absolute Gasteiger partial charge is 0.393 e. The first kappa shape index (κ1) is 10.6. The number of nitrogens with zero attached hydrogens (tertiary/aromatic N) is 2. The van der Waals surface area contributed by atoms with Crippen molar-refractivity contribution < 1.29 is 0 Å². The van der Waals surface area contributed by atoms with Gasteiger partial charge in [0, 0.05) is 17.7 Å². The van der Waals surface area contributed by atoms with Crippen LogP contribution in [0.1, 0.15) is 37.6 Å². The molecule has 1 aromatic rings. The zero-order chi connectivity index (χ0) is 11.0. The predicted octanol–water partition coefficient (Wildman–Crippen LogP) is 1.85. The van der Waals surface area contributed by atoms with Crippen LogP contribution in [0, 0.1) is 5.92 Å². The molecule has 15 heavy (non-hydrogen) atoms. The number of aromatic nitrogens is 2. The summed E-state index contributed by atoms with van der Waals surface area (Å²) in [5.74, 6) is 0.363. The van der Waals surface area contributed by atoms with E-state index in [1.807, 2.05) is 6.20 Å². The summed E-state index contributed by atoms with van der Waals surface area (Å²) in [6.07, 6.45) is 5.09. The third-order valence-electron chi connectivity index (χ3n) is 3.08. The molecular weight excluding hydrogens is 206 g/mol. The summed E-state index contributed by atoms with van der Waals surface area (Å²) in [4.78, 5) is 0.650. The van der Waals surface area contributed by atoms with Gasteiger partial charge in [-0.3, -0.25) is 4.68 Å². The van der Waals surface area contributed by atoms with Crippen molar-refractivity contribution in [3.05, 3.63) is 17.5 Å². The Balaban J connectivity index is 2.30. The predicted molar refractivity (Wildman–Crippen MR) is 64.9 cm³/mol. The maximum Gasteiger partial charge on any atom is 0.0762 e. The van der Waals surface area contributed by atoms with Crippen LogP contribution >= 0.6 is 12.2 Å². The van der Waals surface area contributed by atoms with Crippen LogP contribution < -0.4 is 5.73 Å². The summed E-state index contributed by atoms with van der Waals surface area (Å²) in [6, 6.07) is 0.416. The molecule has 0 aliphatic heterocycles. The Hall–Kier alpha value is -0.900. The second-order valence-corrected chi connectivity index (χ2v) is 4.97. The Morgan fingerprint density at radius 1 is 1.67 bits per heavy atom. The van der Waals surface area contributed by atoms with E-state index in [1.165, 1.54) is 11.3 Å². The van der Waals surface area contributed by atoms with Crippen molar-refractivity contribution in [3.63, 3.8) is 0 Å². The van der Waals surface area contributed by atoms with Crippen LogP contribution in [0.2, 0.25) is 0 Å². The molecule has 0 amide bonds. The lowest BCUT2D eigenvalue weighted by molar-refractivity contribution is 0.476. The monoisotopic (exact) mass is 223 g/mol. The molecule has 0 aromatic carbocycles. The van der Waals surface area contributed by atoms with E-state index in [4.69, 9.17) is 18.0 Å². The van der Waals surface area contributed by atoms with Crippen LogP contribution in [0.15, 0.2) is 6.20 Å². The van der Waals surface area contributed by atoms with Crippen molar-refractivity contribution in [1.82, 2.24) is 9.78 Å². The second-order valence-electron chi connectivity index (χ2n) is 4.50. The highest BCUT2D eigenvalue weighted by atomic mass is 32.1. The van der Waals surface area contributed by atoms with Crippen molar-refractivity contribution in [1.29, 1.82) is 0 Å². The van der Waals surface area contributed by atoms with Gasteiger partial charge in [-0.05, 0) is 38.7 Å². The fraction of sp³-hybridized carbons (Fsp3) is 0.636. The molecule has 3 nitrogen and oxygen atoms in total. The lowest BCUT2D eigenvalue weighted by Gasteiger charge is -2.23. The minimum absolute atomic E-state index is 0.363. The highest BCUT2D eigenvalue weighted by Gasteiger charge is 2.24. The number of aryl methyl sites for hydroxylation is 1. The summed E-state index contributed by atoms with van der Waals surface area (Å²) in [7, 11) is 0. The quantitative estimate of drug-likeness (QED) is 0.778. The number of fused-ring (bicyclic) bond motifs is 1. The first-order valence-corrected chi connectivity index (χ1v) is 5.85. The van der Waals surface area contributed by atoms with Crippen LogP contribution in [0.4, 0.5) is 0 Å². The molecule has 82 valence electrons. The van der Waals surface area contributed by atoms with Crippen molar-refractivity contribution in [2.75, 3.05) is 0 Å². The Bertz CT molecular complexity index is 381. The van der Waals surface area contributed by atoms with Crippen molar-refractivity contribution in [2.24, 2.45) is 11.7 Å². The van der Waals surface area contributed by atoms with Gasteiger partial charge in [-0.1, -0.05) is 12.2 Å². The third kappa shape index (κ3) is 1.91. The smallest absolute Gasteiger partial charge is 0.0762 e. The highest BCUT2D eigenvalue weighted by Crippen LogP contribution is 2.27. The van der Waals surface area contributed by atoms with Gasteiger partial charge < -0.3 is 5.73 Å². The molecule has 0 unspecified atom stereocenters. The molecule has 1 aliphatic rings. The number of nitrogens with two attached hydrogens (primary N) is 1. The van der Waals surface area contributed by atoms with Crippen LogP contribution in [-0.2, 0) is 12.8 Å². The van der Waals surface area contributed by atoms with E-state index in [1.54, 1.807) is 0 Å². The van der Waals surface area contributed by atoms with Crippen LogP contribution in [0.3, 0.4) is 0 Å². The average molecular weight is 223 g/mol. The SMILES string of the molecule is CC(C)n1ncc2c1C[C@@H](C(N)=S)CC2. The Morgan fingerprint density at radius 2 is 2.40 bits per heavy atom. The lowest BCUT2D eigenvalue weighted by atomic mass is 9.88. The topological polar surface area (TPSA) is 43.8 Å². The number of hydrogen-bond acceptors (Lipinski definition) is 2. The van der Waals surface area contributed by atoms with E-state index < -0.39 is 0 Å². The fourth-order valence-electron chi connectivity index (χ4n) is 2.21. The number of hydrogen-bond donors (Lipinski definition) is 1. The van der Waals surface area contributed by atoms with Crippen LogP contribution in [0.5, 0.6) is 0 Å². The van der Waals surface area contributed by atoms with E-state index in [0.29, 0.717) is 16.9 Å². The van der Waals surface area contributed by atoms with E-state index in [-0.39, 0.29) is 0 Å². The first-order chi connectivity index (χ1) is 7.09. The van der Waals surface area contributed by atoms with Gasteiger partial charge in [-0.25, -0.2) is 0 Å². The molecule has 1 atom stereocenters. The maximum atomic E-state index is 5.72. The highest BCUT2D eigenvalue weighted by molar-refractivity contribution is 7.80. The number of rotatable bonds is 2. The second kappa shape index (κ2) is 3.93. The minimum atomic E-state index is 0.363. The Morgan fingerprint density at radius 3 is 3.00 bits per heavy atom. The van der Waals surface area contributed by atoms with Crippen molar-refractivity contribution >= 4 is 17.2 Å². The zero-order valence-electron chi connectivity index (χ0n) is 9.23. The molecule has 2 N–H and O–H groups in total. The Labute approximate surface area is 95.7 Å². The Kier molecular flexibility index (Phi) is 2.78. The van der Waals surface area contributed by atoms with Gasteiger partial charge in [-0.2, -0.15) is 5.10 Å². The van der Waals surface area contributed by atoms with Gasteiger partial charge in [0.2, 0.25) is 0 Å². The van der Waals surface area contributed by atoms with E-state index in [9.17, 15) is 0 Å². The van der Waals surface area contributed by atoms with Gasteiger partial charge in [0.1, 0.15) is 0 Å². The van der Waals surface area contributed by atoms with E-state index >= 15 is 0 Å². The van der Waals surface area contributed by atoms with E-state index in [0.717, 1.165) is 19.3 Å². The summed E-state index contributed by atoms with van der Waals surface area (Å²) in [6.45, 7) is 4.30. The first-order valence-electron chi connectivity index (χ1n) is 5.44. The summed E-state index contributed by atoms with van der Waals surface area (Å²) < 4.78 is 2.10. The van der Waals surface area contributed by atoms with Crippen molar-refractivity contribution in [3.8, 4) is 0 Å². The lowest BCUT2D eigenvalue weighted by Crippen LogP contribution is -2.28. The average Bonchev–Trinajstić information content (AvgIpc) is 2.59. The van der Waals surface area contributed by atoms with Gasteiger partial charge >= 0.3 is 0 Å². The molecule has 0 radical (unpaired) electrons. The maximum absolute atomic E-state index is 5.72. The molecule has 1 heterocycles. The molecule has 0 saturated carbocycles. The third-order valence-corrected chi connectivity index (χ3v) is 3.41. The van der Waals surface area contributed by atoms with Crippen molar-refractivity contribution in [2.45, 2.75) is 39.2 Å². The summed E-state index contributed by atoms with van der Waals surface area (Å²) >= 11 is 5.08. The molecule has 0 fully saturated rings. The summed E-state index contributed by atoms with van der Waals surface area (Å²) in [5, 5.41) is 4.42. The standard InChI is InChI=1S/C11H17N3S/c1-7(2)14-10-5-8(11(12)15)3-4-9(10)6-13-14/h6-8H,3-5H2,1-2H3,(H2,12,15)/t8-/m0/s1. The molecule has 0 saturated heterocycles. The zero-order valence-corrected chi connectivity index (χ0v) is 10.0. The molecule has 4 heteroatoms. The van der Waals surface area contributed by atoms with Crippen LogP contribution in [-0.4, -0.2) is 14.8 Å². The molecule has 1 aromatic heterocycles. The molecule has 2 rings (SSSR count). The van der Waals surface area contributed by atoms with Gasteiger partial charge in [0.15, 0.2) is 0 Å². The molecule has 0 spiro atoms. The molecule has 1 aliphatic carbocycles. The number of thiocarbonyl (C=S) groups is 1. The van der Waals surface area contributed by atoms with E-state index in [2.05, 4.69) is 23.6 Å². The minimum Gasteiger partial charge on any atom is -0.393 e. The molecular formula is C11H17N3S. The summed E-state index contributed by atoms with van der Waals surface area (Å²) in [5.41, 5.74) is 8.42. The van der Waals surface area contributed by atoms with Crippen LogP contribution in [0.25, 0.3) is 0 Å².